The van der Waals surface area contributed by atoms with Gasteiger partial charge in [-0.05, 0) is 60.7 Å². The van der Waals surface area contributed by atoms with E-state index in [1.54, 1.807) is 54.7 Å². The maximum atomic E-state index is 12.5. The quantitative estimate of drug-likeness (QED) is 0.182. The monoisotopic (exact) mass is 501 g/mol. The van der Waals surface area contributed by atoms with Crippen molar-refractivity contribution in [3.63, 3.8) is 0 Å². The van der Waals surface area contributed by atoms with Gasteiger partial charge in [0.15, 0.2) is 5.78 Å². The predicted octanol–water partition coefficient (Wildman–Crippen LogP) is 3.63. The van der Waals surface area contributed by atoms with Crippen molar-refractivity contribution in [1.82, 2.24) is 20.0 Å². The van der Waals surface area contributed by atoms with E-state index in [0.29, 0.717) is 16.9 Å². The minimum absolute atomic E-state index is 0.0337. The van der Waals surface area contributed by atoms with E-state index in [2.05, 4.69) is 25.3 Å². The average molecular weight is 502 g/mol. The molecule has 0 fully saturated rings. The second-order valence-electron chi connectivity index (χ2n) is 7.65. The molecule has 0 aliphatic carbocycles. The lowest BCUT2D eigenvalue weighted by molar-refractivity contribution is 0.104. The van der Waals surface area contributed by atoms with Crippen LogP contribution in [0.2, 0.25) is 0 Å². The zero-order valence-electron chi connectivity index (χ0n) is 19.1. The molecule has 0 bridgehead atoms. The van der Waals surface area contributed by atoms with Crippen LogP contribution in [-0.2, 0) is 10.0 Å². The lowest BCUT2D eigenvalue weighted by Gasteiger charge is -2.09. The van der Waals surface area contributed by atoms with Gasteiger partial charge in [-0.25, -0.2) is 22.9 Å². The summed E-state index contributed by atoms with van der Waals surface area (Å²) < 4.78 is 26.7. The molecule has 9 nitrogen and oxygen atoms in total. The van der Waals surface area contributed by atoms with Crippen LogP contribution in [0, 0.1) is 0 Å². The van der Waals surface area contributed by atoms with Crippen LogP contribution in [0.3, 0.4) is 0 Å². The smallest absolute Gasteiger partial charge is 0.319 e. The Labute approximate surface area is 208 Å². The Morgan fingerprint density at radius 3 is 2.28 bits per heavy atom. The summed E-state index contributed by atoms with van der Waals surface area (Å²) in [6.07, 6.45) is 4.63. The SMILES string of the molecule is O=C(NCCNS(=O)(=O)c1ccccc1)Nc1ccc(C(=O)/C=C/c2cnc3ccccc3n2)cc1. The Morgan fingerprint density at radius 2 is 1.53 bits per heavy atom. The van der Waals surface area contributed by atoms with Gasteiger partial charge in [-0.3, -0.25) is 9.78 Å². The van der Waals surface area contributed by atoms with Gasteiger partial charge in [-0.15, -0.1) is 0 Å². The maximum absolute atomic E-state index is 12.5. The molecular weight excluding hydrogens is 478 g/mol. The highest BCUT2D eigenvalue weighted by Crippen LogP contribution is 2.13. The Hall–Kier alpha value is -4.41. The van der Waals surface area contributed by atoms with Gasteiger partial charge in [0, 0.05) is 24.3 Å². The highest BCUT2D eigenvalue weighted by Gasteiger charge is 2.12. The molecule has 3 N–H and O–H groups in total. The lowest BCUT2D eigenvalue weighted by Crippen LogP contribution is -2.36. The number of nitrogens with one attached hydrogen (secondary N) is 3. The molecule has 1 heterocycles. The number of benzene rings is 3. The lowest BCUT2D eigenvalue weighted by atomic mass is 10.1. The molecule has 0 spiro atoms. The number of sulfonamides is 1. The number of carbonyl (C=O) groups is 2. The molecule has 1 aromatic heterocycles. The molecule has 0 aliphatic heterocycles. The Kier molecular flexibility index (Phi) is 7.79. The first kappa shape index (κ1) is 24.7. The van der Waals surface area contributed by atoms with Crippen LogP contribution in [0.25, 0.3) is 17.1 Å². The highest BCUT2D eigenvalue weighted by atomic mass is 32.2. The standard InChI is InChI=1S/C26H23N5O4S/c32-25(15-14-21-18-28-23-8-4-5-9-24(23)30-21)19-10-12-20(13-11-19)31-26(33)27-16-17-29-36(34,35)22-6-2-1-3-7-22/h1-15,18,29H,16-17H2,(H2,27,31,33)/b15-14+. The molecule has 4 aromatic rings. The summed E-state index contributed by atoms with van der Waals surface area (Å²) >= 11 is 0. The topological polar surface area (TPSA) is 130 Å². The van der Waals surface area contributed by atoms with Crippen molar-refractivity contribution in [2.75, 3.05) is 18.4 Å². The number of anilines is 1. The maximum Gasteiger partial charge on any atom is 0.319 e. The normalized spacial score (nSPS) is 11.4. The Balaban J connectivity index is 1.24. The first-order valence-corrected chi connectivity index (χ1v) is 12.5. The molecule has 3 aromatic carbocycles. The van der Waals surface area contributed by atoms with E-state index in [9.17, 15) is 18.0 Å². The number of hydrogen-bond acceptors (Lipinski definition) is 6. The number of urea groups is 1. The van der Waals surface area contributed by atoms with E-state index in [1.165, 1.54) is 18.2 Å². The summed E-state index contributed by atoms with van der Waals surface area (Å²) in [6.45, 7) is 0.128. The fourth-order valence-corrected chi connectivity index (χ4v) is 4.30. The van der Waals surface area contributed by atoms with E-state index in [-0.39, 0.29) is 23.8 Å². The minimum atomic E-state index is -3.63. The number of amides is 2. The van der Waals surface area contributed by atoms with Crippen molar-refractivity contribution in [3.8, 4) is 0 Å². The van der Waals surface area contributed by atoms with E-state index in [4.69, 9.17) is 0 Å². The van der Waals surface area contributed by atoms with Crippen LogP contribution in [0.4, 0.5) is 10.5 Å². The zero-order chi connectivity index (χ0) is 25.4. The number of rotatable bonds is 9. The summed E-state index contributed by atoms with van der Waals surface area (Å²) in [5.74, 6) is -0.216. The summed E-state index contributed by atoms with van der Waals surface area (Å²) in [7, 11) is -3.63. The van der Waals surface area contributed by atoms with E-state index in [0.717, 1.165) is 11.0 Å². The second kappa shape index (κ2) is 11.3. The third-order valence-corrected chi connectivity index (χ3v) is 6.53. The van der Waals surface area contributed by atoms with Crippen molar-refractivity contribution in [1.29, 1.82) is 0 Å². The molecule has 10 heteroatoms. The number of para-hydroxylation sites is 2. The van der Waals surface area contributed by atoms with Crippen molar-refractivity contribution in [3.05, 3.63) is 102 Å². The summed E-state index contributed by atoms with van der Waals surface area (Å²) in [6, 6.07) is 21.4. The number of ketones is 1. The Morgan fingerprint density at radius 1 is 0.833 bits per heavy atom. The molecule has 0 saturated carbocycles. The average Bonchev–Trinajstić information content (AvgIpc) is 2.90. The summed E-state index contributed by atoms with van der Waals surface area (Å²) in [5, 5.41) is 5.21. The Bertz CT molecular complexity index is 1500. The van der Waals surface area contributed by atoms with Gasteiger partial charge < -0.3 is 10.6 Å². The zero-order valence-corrected chi connectivity index (χ0v) is 19.9. The molecule has 2 amide bonds. The van der Waals surface area contributed by atoms with Crippen molar-refractivity contribution >= 4 is 44.6 Å². The first-order chi connectivity index (χ1) is 17.4. The molecule has 0 radical (unpaired) electrons. The number of aromatic nitrogens is 2. The molecule has 0 aliphatic rings. The highest BCUT2D eigenvalue weighted by molar-refractivity contribution is 7.89. The van der Waals surface area contributed by atoms with Crippen LogP contribution < -0.4 is 15.4 Å². The van der Waals surface area contributed by atoms with Gasteiger partial charge in [0.2, 0.25) is 10.0 Å². The molecular formula is C26H23N5O4S. The second-order valence-corrected chi connectivity index (χ2v) is 9.42. The van der Waals surface area contributed by atoms with Gasteiger partial charge in [0.1, 0.15) is 0 Å². The van der Waals surface area contributed by atoms with Crippen molar-refractivity contribution in [2.45, 2.75) is 4.90 Å². The molecule has 0 saturated heterocycles. The van der Waals surface area contributed by atoms with Crippen LogP contribution in [0.5, 0.6) is 0 Å². The summed E-state index contributed by atoms with van der Waals surface area (Å²) in [5.41, 5.74) is 3.03. The first-order valence-electron chi connectivity index (χ1n) is 11.0. The van der Waals surface area contributed by atoms with E-state index < -0.39 is 16.1 Å². The molecule has 182 valence electrons. The van der Waals surface area contributed by atoms with Gasteiger partial charge in [-0.2, -0.15) is 0 Å². The molecule has 0 atom stereocenters. The van der Waals surface area contributed by atoms with Gasteiger partial charge in [-0.1, -0.05) is 30.3 Å². The van der Waals surface area contributed by atoms with E-state index >= 15 is 0 Å². The van der Waals surface area contributed by atoms with Crippen LogP contribution in [-0.4, -0.2) is 43.3 Å². The van der Waals surface area contributed by atoms with Crippen molar-refractivity contribution in [2.24, 2.45) is 0 Å². The number of fused-ring (bicyclic) bond motifs is 1. The third kappa shape index (κ3) is 6.59. The number of carbonyl (C=O) groups excluding carboxylic acids is 2. The van der Waals surface area contributed by atoms with Crippen LogP contribution in [0.15, 0.2) is 96.0 Å². The molecule has 0 unspecified atom stereocenters. The molecule has 36 heavy (non-hydrogen) atoms. The number of nitrogens with zero attached hydrogens (tertiary/aromatic N) is 2. The number of allylic oxidation sites excluding steroid dienone is 1. The fraction of sp³-hybridized carbons (Fsp3) is 0.0769. The minimum Gasteiger partial charge on any atom is -0.337 e. The van der Waals surface area contributed by atoms with Crippen LogP contribution in [0.1, 0.15) is 16.1 Å². The van der Waals surface area contributed by atoms with Gasteiger partial charge in [0.25, 0.3) is 0 Å². The van der Waals surface area contributed by atoms with Crippen LogP contribution >= 0.6 is 0 Å². The van der Waals surface area contributed by atoms with Gasteiger partial charge in [0.05, 0.1) is 27.8 Å². The molecule has 4 rings (SSSR count). The van der Waals surface area contributed by atoms with E-state index in [1.807, 2.05) is 24.3 Å². The third-order valence-electron chi connectivity index (χ3n) is 5.06. The summed E-state index contributed by atoms with van der Waals surface area (Å²) in [4.78, 5) is 33.5. The number of hydrogen-bond donors (Lipinski definition) is 3. The largest absolute Gasteiger partial charge is 0.337 e. The fourth-order valence-electron chi connectivity index (χ4n) is 3.25. The van der Waals surface area contributed by atoms with Crippen molar-refractivity contribution < 1.29 is 18.0 Å². The predicted molar refractivity (Wildman–Crippen MR) is 138 cm³/mol. The van der Waals surface area contributed by atoms with Gasteiger partial charge >= 0.3 is 6.03 Å².